The molecule has 0 radical (unpaired) electrons. The van der Waals surface area contributed by atoms with E-state index in [4.69, 9.17) is 16.3 Å². The fourth-order valence-electron chi connectivity index (χ4n) is 1.89. The molecule has 0 aromatic heterocycles. The van der Waals surface area contributed by atoms with Crippen LogP contribution in [0.2, 0.25) is 5.02 Å². The molecule has 0 atom stereocenters. The third kappa shape index (κ3) is 4.89. The van der Waals surface area contributed by atoms with Crippen LogP contribution in [0.25, 0.3) is 0 Å². The maximum absolute atomic E-state index is 12.8. The molecule has 2 aromatic rings. The molecule has 0 spiro atoms. The number of nitrogens with one attached hydrogen (secondary N) is 1. The first-order valence-corrected chi connectivity index (χ1v) is 7.08. The lowest BCUT2D eigenvalue weighted by molar-refractivity contribution is -0.137. The van der Waals surface area contributed by atoms with E-state index in [1.165, 1.54) is 12.1 Å². The Labute approximate surface area is 136 Å². The average molecular weight is 344 g/mol. The Morgan fingerprint density at radius 3 is 2.39 bits per heavy atom. The van der Waals surface area contributed by atoms with Crippen LogP contribution in [0.1, 0.15) is 15.9 Å². The average Bonchev–Trinajstić information content (AvgIpc) is 2.52. The second kappa shape index (κ2) is 7.37. The zero-order chi connectivity index (χ0) is 16.9. The summed E-state index contributed by atoms with van der Waals surface area (Å²) >= 11 is 5.73. The van der Waals surface area contributed by atoms with E-state index >= 15 is 0 Å². The number of amides is 1. The Kier molecular flexibility index (Phi) is 5.50. The Hall–Kier alpha value is -2.21. The number of ether oxygens (including phenoxy) is 1. The summed E-state index contributed by atoms with van der Waals surface area (Å²) in [4.78, 5) is 11.9. The Bertz CT molecular complexity index is 672. The first kappa shape index (κ1) is 17.1. The van der Waals surface area contributed by atoms with Crippen LogP contribution in [0.3, 0.4) is 0 Å². The summed E-state index contributed by atoms with van der Waals surface area (Å²) in [6.07, 6.45) is -4.58. The summed E-state index contributed by atoms with van der Waals surface area (Å²) < 4.78 is 43.9. The lowest BCUT2D eigenvalue weighted by Gasteiger charge is -2.13. The molecule has 1 amide bonds. The van der Waals surface area contributed by atoms with Crippen LogP contribution in [0.15, 0.2) is 48.5 Å². The van der Waals surface area contributed by atoms with Crippen molar-refractivity contribution in [3.05, 3.63) is 64.7 Å². The van der Waals surface area contributed by atoms with Crippen molar-refractivity contribution < 1.29 is 22.7 Å². The number of hydrogen-bond donors (Lipinski definition) is 1. The van der Waals surface area contributed by atoms with Gasteiger partial charge >= 0.3 is 6.18 Å². The molecule has 0 aliphatic rings. The zero-order valence-electron chi connectivity index (χ0n) is 11.9. The number of rotatable bonds is 5. The number of halogens is 4. The highest BCUT2D eigenvalue weighted by molar-refractivity contribution is 6.30. The molecule has 122 valence electrons. The largest absolute Gasteiger partial charge is 0.492 e. The monoisotopic (exact) mass is 343 g/mol. The van der Waals surface area contributed by atoms with Crippen LogP contribution in [0, 0.1) is 0 Å². The fourth-order valence-corrected chi connectivity index (χ4v) is 2.01. The normalized spacial score (nSPS) is 11.1. The lowest BCUT2D eigenvalue weighted by Crippen LogP contribution is -2.30. The highest BCUT2D eigenvalue weighted by Crippen LogP contribution is 2.31. The number of benzene rings is 2. The molecule has 7 heteroatoms. The predicted molar refractivity (Wildman–Crippen MR) is 80.7 cm³/mol. The zero-order valence-corrected chi connectivity index (χ0v) is 12.6. The van der Waals surface area contributed by atoms with Gasteiger partial charge in [0, 0.05) is 5.02 Å². The predicted octanol–water partition coefficient (Wildman–Crippen LogP) is 4.17. The van der Waals surface area contributed by atoms with Gasteiger partial charge in [-0.15, -0.1) is 0 Å². The molecule has 0 aliphatic heterocycles. The van der Waals surface area contributed by atoms with Gasteiger partial charge in [0.1, 0.15) is 12.4 Å². The highest BCUT2D eigenvalue weighted by atomic mass is 35.5. The third-order valence-corrected chi connectivity index (χ3v) is 3.20. The number of hydrogen-bond acceptors (Lipinski definition) is 2. The van der Waals surface area contributed by atoms with E-state index in [1.807, 2.05) is 0 Å². The number of carbonyl (C=O) groups excluding carboxylic acids is 1. The van der Waals surface area contributed by atoms with Crippen LogP contribution in [0.4, 0.5) is 13.2 Å². The van der Waals surface area contributed by atoms with Crippen molar-refractivity contribution in [3.8, 4) is 5.75 Å². The quantitative estimate of drug-likeness (QED) is 0.828. The smallest absolute Gasteiger partial charge is 0.417 e. The van der Waals surface area contributed by atoms with E-state index < -0.39 is 23.2 Å². The Balaban J connectivity index is 1.89. The van der Waals surface area contributed by atoms with Crippen molar-refractivity contribution in [2.45, 2.75) is 6.18 Å². The minimum absolute atomic E-state index is 0.0770. The van der Waals surface area contributed by atoms with E-state index in [0.29, 0.717) is 10.8 Å². The van der Waals surface area contributed by atoms with Gasteiger partial charge in [0.05, 0.1) is 17.7 Å². The van der Waals surface area contributed by atoms with Gasteiger partial charge < -0.3 is 10.1 Å². The summed E-state index contributed by atoms with van der Waals surface area (Å²) in [5.74, 6) is -0.239. The van der Waals surface area contributed by atoms with Crippen molar-refractivity contribution in [3.63, 3.8) is 0 Å². The Morgan fingerprint density at radius 2 is 1.74 bits per heavy atom. The molecule has 1 N–H and O–H groups in total. The van der Waals surface area contributed by atoms with Crippen molar-refractivity contribution in [2.75, 3.05) is 13.2 Å². The molecule has 0 bridgehead atoms. The number of alkyl halides is 3. The fraction of sp³-hybridized carbons (Fsp3) is 0.188. The molecule has 2 aromatic carbocycles. The molecular formula is C16H13ClF3NO2. The SMILES string of the molecule is O=C(NCCOc1ccc(Cl)cc1)c1ccccc1C(F)(F)F. The highest BCUT2D eigenvalue weighted by Gasteiger charge is 2.34. The van der Waals surface area contributed by atoms with Gasteiger partial charge in [0.2, 0.25) is 0 Å². The van der Waals surface area contributed by atoms with Gasteiger partial charge in [-0.3, -0.25) is 4.79 Å². The van der Waals surface area contributed by atoms with Crippen LogP contribution >= 0.6 is 11.6 Å². The maximum Gasteiger partial charge on any atom is 0.417 e. The molecule has 0 saturated heterocycles. The second-order valence-corrected chi connectivity index (χ2v) is 5.04. The molecule has 23 heavy (non-hydrogen) atoms. The summed E-state index contributed by atoms with van der Waals surface area (Å²) in [5, 5.41) is 2.97. The molecule has 3 nitrogen and oxygen atoms in total. The Morgan fingerprint density at radius 1 is 1.09 bits per heavy atom. The molecule has 2 rings (SSSR count). The van der Waals surface area contributed by atoms with E-state index in [0.717, 1.165) is 12.1 Å². The molecule has 0 aliphatic carbocycles. The molecule has 0 fully saturated rings. The van der Waals surface area contributed by atoms with E-state index in [9.17, 15) is 18.0 Å². The third-order valence-electron chi connectivity index (χ3n) is 2.95. The van der Waals surface area contributed by atoms with Crippen molar-refractivity contribution >= 4 is 17.5 Å². The lowest BCUT2D eigenvalue weighted by atomic mass is 10.1. The van der Waals surface area contributed by atoms with Gasteiger partial charge in [-0.25, -0.2) is 0 Å². The summed E-state index contributed by atoms with van der Waals surface area (Å²) in [5.41, 5.74) is -1.37. The number of carbonyl (C=O) groups is 1. The molecule has 0 saturated carbocycles. The first-order valence-electron chi connectivity index (χ1n) is 6.71. The van der Waals surface area contributed by atoms with Crippen molar-refractivity contribution in [2.24, 2.45) is 0 Å². The molecule has 0 unspecified atom stereocenters. The van der Waals surface area contributed by atoms with Crippen LogP contribution in [0.5, 0.6) is 5.75 Å². The van der Waals surface area contributed by atoms with Gasteiger partial charge in [0.15, 0.2) is 0 Å². The van der Waals surface area contributed by atoms with Crippen molar-refractivity contribution in [1.29, 1.82) is 0 Å². The second-order valence-electron chi connectivity index (χ2n) is 4.60. The van der Waals surface area contributed by atoms with Gasteiger partial charge in [-0.1, -0.05) is 23.7 Å². The van der Waals surface area contributed by atoms with Crippen LogP contribution < -0.4 is 10.1 Å². The first-order chi connectivity index (χ1) is 10.9. The van der Waals surface area contributed by atoms with Gasteiger partial charge in [-0.2, -0.15) is 13.2 Å². The van der Waals surface area contributed by atoms with Gasteiger partial charge in [-0.05, 0) is 36.4 Å². The minimum atomic E-state index is -4.58. The summed E-state index contributed by atoms with van der Waals surface area (Å²) in [6, 6.07) is 11.2. The van der Waals surface area contributed by atoms with Crippen LogP contribution in [-0.4, -0.2) is 19.1 Å². The summed E-state index contributed by atoms with van der Waals surface area (Å²) in [6.45, 7) is 0.204. The van der Waals surface area contributed by atoms with E-state index in [2.05, 4.69) is 5.32 Å². The topological polar surface area (TPSA) is 38.3 Å². The van der Waals surface area contributed by atoms with Crippen LogP contribution in [-0.2, 0) is 6.18 Å². The van der Waals surface area contributed by atoms with E-state index in [1.54, 1.807) is 24.3 Å². The standard InChI is InChI=1S/C16H13ClF3NO2/c17-11-5-7-12(8-6-11)23-10-9-21-15(22)13-3-1-2-4-14(13)16(18,19)20/h1-8H,9-10H2,(H,21,22). The molecule has 0 heterocycles. The minimum Gasteiger partial charge on any atom is -0.492 e. The van der Waals surface area contributed by atoms with Gasteiger partial charge in [0.25, 0.3) is 5.91 Å². The summed E-state index contributed by atoms with van der Waals surface area (Å²) in [7, 11) is 0. The maximum atomic E-state index is 12.8. The molecular weight excluding hydrogens is 331 g/mol. The van der Waals surface area contributed by atoms with Crippen molar-refractivity contribution in [1.82, 2.24) is 5.32 Å². The van der Waals surface area contributed by atoms with E-state index in [-0.39, 0.29) is 13.2 Å².